The molecule has 164 valence electrons. The first kappa shape index (κ1) is 20.6. The molecule has 1 fully saturated rings. The number of amides is 1. The van der Waals surface area contributed by atoms with Crippen molar-refractivity contribution in [3.63, 3.8) is 0 Å². The summed E-state index contributed by atoms with van der Waals surface area (Å²) in [7, 11) is 0. The number of benzene rings is 1. The molecule has 4 aromatic rings. The molecule has 7 heteroatoms. The fraction of sp³-hybridized carbons (Fsp3) is 0.154. The van der Waals surface area contributed by atoms with E-state index in [1.807, 2.05) is 73.0 Å². The Balaban J connectivity index is 1.70. The number of ketones is 1. The zero-order valence-electron chi connectivity index (χ0n) is 18.3. The van der Waals surface area contributed by atoms with Crippen LogP contribution in [0.3, 0.4) is 0 Å². The van der Waals surface area contributed by atoms with Crippen LogP contribution in [0, 0.1) is 13.8 Å². The number of aliphatic hydroxyl groups is 1. The molecule has 3 aromatic heterocycles. The number of hydrogen-bond acceptors (Lipinski definition) is 5. The number of likely N-dealkylation sites (tertiary alicyclic amines) is 1. The number of aliphatic hydroxyl groups excluding tert-OH is 1. The smallest absolute Gasteiger partial charge is 0.295 e. The zero-order chi connectivity index (χ0) is 23.1. The van der Waals surface area contributed by atoms with Gasteiger partial charge in [0.1, 0.15) is 11.3 Å². The van der Waals surface area contributed by atoms with Gasteiger partial charge in [-0.2, -0.15) is 0 Å². The normalized spacial score (nSPS) is 17.8. The molecule has 1 N–H and O–H groups in total. The minimum Gasteiger partial charge on any atom is -0.505 e. The summed E-state index contributed by atoms with van der Waals surface area (Å²) in [6.07, 6.45) is 5.17. The number of fused-ring (bicyclic) bond motifs is 1. The van der Waals surface area contributed by atoms with Gasteiger partial charge in [0.2, 0.25) is 0 Å². The maximum absolute atomic E-state index is 13.2. The molecular formula is C26H22N4O3. The van der Waals surface area contributed by atoms with Gasteiger partial charge in [-0.3, -0.25) is 14.6 Å². The predicted octanol–water partition coefficient (Wildman–Crippen LogP) is 3.97. The quantitative estimate of drug-likeness (QED) is 0.296. The van der Waals surface area contributed by atoms with Gasteiger partial charge in [0.05, 0.1) is 17.3 Å². The molecule has 0 saturated carbocycles. The minimum atomic E-state index is -0.739. The maximum atomic E-state index is 13.2. The number of aryl methyl sites for hydroxylation is 2. The Labute approximate surface area is 190 Å². The SMILES string of the molecule is Cc1cccn2c(C)c(C(O)=C3C(=O)C(=O)N(Cc4cccnc4)C3c3ccccc3)nc12. The van der Waals surface area contributed by atoms with E-state index in [-0.39, 0.29) is 17.9 Å². The van der Waals surface area contributed by atoms with Gasteiger partial charge < -0.3 is 14.4 Å². The second-order valence-corrected chi connectivity index (χ2v) is 8.13. The van der Waals surface area contributed by atoms with Crippen LogP contribution in [0.15, 0.2) is 78.8 Å². The molecule has 4 heterocycles. The molecule has 1 atom stereocenters. The minimum absolute atomic E-state index is 0.0410. The Morgan fingerprint density at radius 1 is 1.03 bits per heavy atom. The van der Waals surface area contributed by atoms with Crippen molar-refractivity contribution < 1.29 is 14.7 Å². The van der Waals surface area contributed by atoms with Gasteiger partial charge in [-0.25, -0.2) is 4.98 Å². The Morgan fingerprint density at radius 3 is 2.52 bits per heavy atom. The van der Waals surface area contributed by atoms with Crippen LogP contribution < -0.4 is 0 Å². The number of hydrogen-bond donors (Lipinski definition) is 1. The summed E-state index contributed by atoms with van der Waals surface area (Å²) in [6, 6.07) is 16.0. The zero-order valence-corrected chi connectivity index (χ0v) is 18.3. The lowest BCUT2D eigenvalue weighted by Gasteiger charge is -2.25. The van der Waals surface area contributed by atoms with Crippen LogP contribution >= 0.6 is 0 Å². The molecule has 5 rings (SSSR count). The molecule has 1 saturated heterocycles. The third kappa shape index (κ3) is 3.38. The van der Waals surface area contributed by atoms with E-state index < -0.39 is 17.7 Å². The number of pyridine rings is 2. The second-order valence-electron chi connectivity index (χ2n) is 8.13. The van der Waals surface area contributed by atoms with Crippen molar-refractivity contribution in [2.75, 3.05) is 0 Å². The highest BCUT2D eigenvalue weighted by atomic mass is 16.3. The molecule has 7 nitrogen and oxygen atoms in total. The Hall–Kier alpha value is -4.26. The predicted molar refractivity (Wildman–Crippen MR) is 123 cm³/mol. The van der Waals surface area contributed by atoms with Crippen LogP contribution in [0.1, 0.15) is 34.1 Å². The van der Waals surface area contributed by atoms with E-state index in [4.69, 9.17) is 0 Å². The molecule has 1 unspecified atom stereocenters. The average Bonchev–Trinajstić information content (AvgIpc) is 3.30. The largest absolute Gasteiger partial charge is 0.505 e. The molecule has 1 aromatic carbocycles. The van der Waals surface area contributed by atoms with E-state index in [2.05, 4.69) is 9.97 Å². The third-order valence-electron chi connectivity index (χ3n) is 6.04. The highest BCUT2D eigenvalue weighted by molar-refractivity contribution is 6.46. The summed E-state index contributed by atoms with van der Waals surface area (Å²) in [6.45, 7) is 3.96. The number of aromatic nitrogens is 3. The van der Waals surface area contributed by atoms with Crippen LogP contribution in [-0.2, 0) is 16.1 Å². The van der Waals surface area contributed by atoms with Gasteiger partial charge in [-0.1, -0.05) is 42.5 Å². The fourth-order valence-corrected chi connectivity index (χ4v) is 4.39. The molecule has 1 aliphatic heterocycles. The Kier molecular flexibility index (Phi) is 5.01. The van der Waals surface area contributed by atoms with Crippen molar-refractivity contribution in [1.82, 2.24) is 19.3 Å². The van der Waals surface area contributed by atoms with Crippen molar-refractivity contribution in [2.24, 2.45) is 0 Å². The van der Waals surface area contributed by atoms with Crippen LogP contribution in [0.5, 0.6) is 0 Å². The van der Waals surface area contributed by atoms with Gasteiger partial charge in [-0.05, 0) is 42.7 Å². The first-order valence-electron chi connectivity index (χ1n) is 10.6. The standard InChI is InChI=1S/C26H22N4O3/c1-16-8-7-13-29-17(2)21(28-25(16)29)23(31)20-22(19-10-4-3-5-11-19)30(26(33)24(20)32)15-18-9-6-12-27-14-18/h3-14,22,31H,15H2,1-2H3. The maximum Gasteiger partial charge on any atom is 0.295 e. The van der Waals surface area contributed by atoms with Gasteiger partial charge in [-0.15, -0.1) is 0 Å². The van der Waals surface area contributed by atoms with Crippen molar-refractivity contribution in [3.05, 3.63) is 107 Å². The van der Waals surface area contributed by atoms with Gasteiger partial charge in [0.15, 0.2) is 5.76 Å². The summed E-state index contributed by atoms with van der Waals surface area (Å²) < 4.78 is 1.87. The molecule has 0 spiro atoms. The van der Waals surface area contributed by atoms with Gasteiger partial charge >= 0.3 is 0 Å². The average molecular weight is 438 g/mol. The van der Waals surface area contributed by atoms with Crippen molar-refractivity contribution in [1.29, 1.82) is 0 Å². The van der Waals surface area contributed by atoms with Crippen molar-refractivity contribution in [3.8, 4) is 0 Å². The molecule has 0 radical (unpaired) electrons. The molecular weight excluding hydrogens is 416 g/mol. The summed E-state index contributed by atoms with van der Waals surface area (Å²) in [5.74, 6) is -1.65. The fourth-order valence-electron chi connectivity index (χ4n) is 4.39. The lowest BCUT2D eigenvalue weighted by atomic mass is 9.96. The van der Waals surface area contributed by atoms with Crippen LogP contribution in [0.4, 0.5) is 0 Å². The molecule has 0 aliphatic carbocycles. The molecule has 1 amide bonds. The lowest BCUT2D eigenvalue weighted by Crippen LogP contribution is -2.29. The van der Waals surface area contributed by atoms with Crippen LogP contribution in [0.2, 0.25) is 0 Å². The third-order valence-corrected chi connectivity index (χ3v) is 6.04. The molecule has 33 heavy (non-hydrogen) atoms. The first-order chi connectivity index (χ1) is 16.0. The number of carbonyl (C=O) groups excluding carboxylic acids is 2. The summed E-state index contributed by atoms with van der Waals surface area (Å²) >= 11 is 0. The van der Waals surface area contributed by atoms with E-state index in [0.29, 0.717) is 17.0 Å². The first-order valence-corrected chi connectivity index (χ1v) is 10.6. The molecule has 1 aliphatic rings. The summed E-state index contributed by atoms with van der Waals surface area (Å²) in [5, 5.41) is 11.4. The highest BCUT2D eigenvalue weighted by Crippen LogP contribution is 2.40. The van der Waals surface area contributed by atoms with Crippen LogP contribution in [-0.4, -0.2) is 36.1 Å². The van der Waals surface area contributed by atoms with Gasteiger partial charge in [0, 0.05) is 25.1 Å². The number of Topliss-reactive ketones (excluding diaryl/α,β-unsaturated/α-hetero) is 1. The lowest BCUT2D eigenvalue weighted by molar-refractivity contribution is -0.140. The van der Waals surface area contributed by atoms with E-state index in [0.717, 1.165) is 16.7 Å². The monoisotopic (exact) mass is 438 g/mol. The van der Waals surface area contributed by atoms with Gasteiger partial charge in [0.25, 0.3) is 11.7 Å². The highest BCUT2D eigenvalue weighted by Gasteiger charge is 2.46. The number of carbonyl (C=O) groups is 2. The second kappa shape index (κ2) is 8.02. The van der Waals surface area contributed by atoms with E-state index in [1.54, 1.807) is 18.5 Å². The Morgan fingerprint density at radius 2 is 1.82 bits per heavy atom. The topological polar surface area (TPSA) is 87.8 Å². The van der Waals surface area contributed by atoms with Crippen molar-refractivity contribution >= 4 is 23.1 Å². The summed E-state index contributed by atoms with van der Waals surface area (Å²) in [4.78, 5) is 36.6. The molecule has 0 bridgehead atoms. The van der Waals surface area contributed by atoms with Crippen molar-refractivity contribution in [2.45, 2.75) is 26.4 Å². The number of rotatable bonds is 4. The number of imidazole rings is 1. The van der Waals surface area contributed by atoms with Crippen LogP contribution in [0.25, 0.3) is 11.4 Å². The van der Waals surface area contributed by atoms with E-state index in [9.17, 15) is 14.7 Å². The number of nitrogens with zero attached hydrogens (tertiary/aromatic N) is 4. The van der Waals surface area contributed by atoms with E-state index >= 15 is 0 Å². The Bertz CT molecular complexity index is 1410. The summed E-state index contributed by atoms with van der Waals surface area (Å²) in [5.41, 5.74) is 4.19. The van der Waals surface area contributed by atoms with E-state index in [1.165, 1.54) is 4.90 Å².